The molecule has 128 valence electrons. The van der Waals surface area contributed by atoms with Crippen molar-refractivity contribution in [2.45, 2.75) is 13.8 Å². The van der Waals surface area contributed by atoms with Gasteiger partial charge in [0.05, 0.1) is 16.2 Å². The quantitative estimate of drug-likeness (QED) is 0.698. The van der Waals surface area contributed by atoms with E-state index in [1.165, 1.54) is 0 Å². The summed E-state index contributed by atoms with van der Waals surface area (Å²) < 4.78 is 5.06. The highest BCUT2D eigenvalue weighted by Crippen LogP contribution is 2.27. The van der Waals surface area contributed by atoms with E-state index in [0.29, 0.717) is 16.1 Å². The fraction of sp³-hybridized carbons (Fsp3) is 0.167. The van der Waals surface area contributed by atoms with E-state index in [4.69, 9.17) is 16.3 Å². The van der Waals surface area contributed by atoms with Crippen molar-refractivity contribution >= 4 is 40.1 Å². The monoisotopic (exact) mass is 357 g/mol. The molecule has 0 radical (unpaired) electrons. The first-order chi connectivity index (χ1) is 12.0. The number of para-hydroxylation sites is 1. The third kappa shape index (κ3) is 3.64. The van der Waals surface area contributed by atoms with Gasteiger partial charge in [-0.05, 0) is 37.1 Å². The molecule has 6 nitrogen and oxygen atoms in total. The van der Waals surface area contributed by atoms with Crippen LogP contribution in [0.1, 0.15) is 21.6 Å². The molecule has 7 heteroatoms. The fourth-order valence-electron chi connectivity index (χ4n) is 2.57. The Balaban J connectivity index is 1.66. The summed E-state index contributed by atoms with van der Waals surface area (Å²) in [6.45, 7) is 3.33. The van der Waals surface area contributed by atoms with E-state index in [0.717, 1.165) is 16.6 Å². The Hall–Kier alpha value is -2.86. The fourth-order valence-corrected chi connectivity index (χ4v) is 2.94. The topological polar surface area (TPSA) is 84.1 Å². The first-order valence-electron chi connectivity index (χ1n) is 7.62. The van der Waals surface area contributed by atoms with Crippen molar-refractivity contribution in [3.05, 3.63) is 58.2 Å². The summed E-state index contributed by atoms with van der Waals surface area (Å²) in [5, 5.41) is 10.4. The maximum atomic E-state index is 12.1. The predicted molar refractivity (Wildman–Crippen MR) is 95.9 cm³/mol. The zero-order valence-corrected chi connectivity index (χ0v) is 14.5. The molecular formula is C18H16ClN3O3. The molecular weight excluding hydrogens is 342 g/mol. The third-order valence-corrected chi connectivity index (χ3v) is 3.99. The summed E-state index contributed by atoms with van der Waals surface area (Å²) in [4.78, 5) is 24.2. The maximum absolute atomic E-state index is 12.1. The van der Waals surface area contributed by atoms with Gasteiger partial charge in [-0.2, -0.15) is 5.10 Å². The van der Waals surface area contributed by atoms with E-state index in [9.17, 15) is 9.59 Å². The van der Waals surface area contributed by atoms with Crippen molar-refractivity contribution in [2.24, 2.45) is 0 Å². The molecule has 0 aliphatic carbocycles. The number of amides is 1. The molecule has 0 bridgehead atoms. The molecule has 0 fully saturated rings. The van der Waals surface area contributed by atoms with Gasteiger partial charge < -0.3 is 10.1 Å². The van der Waals surface area contributed by atoms with Crippen molar-refractivity contribution in [3.63, 3.8) is 0 Å². The molecule has 1 amide bonds. The van der Waals surface area contributed by atoms with Gasteiger partial charge in [0.15, 0.2) is 12.3 Å². The second-order valence-electron chi connectivity index (χ2n) is 5.68. The van der Waals surface area contributed by atoms with E-state index in [-0.39, 0.29) is 5.69 Å². The smallest absolute Gasteiger partial charge is 0.359 e. The highest BCUT2D eigenvalue weighted by atomic mass is 35.5. The number of nitrogens with one attached hydrogen (secondary N) is 2. The Labute approximate surface area is 149 Å². The van der Waals surface area contributed by atoms with Crippen molar-refractivity contribution < 1.29 is 14.3 Å². The molecule has 1 heterocycles. The highest BCUT2D eigenvalue weighted by molar-refractivity contribution is 6.34. The zero-order valence-electron chi connectivity index (χ0n) is 13.7. The van der Waals surface area contributed by atoms with Crippen LogP contribution in [0.15, 0.2) is 36.4 Å². The van der Waals surface area contributed by atoms with Gasteiger partial charge in [-0.15, -0.1) is 0 Å². The number of ether oxygens (including phenoxy) is 1. The molecule has 3 rings (SSSR count). The molecule has 25 heavy (non-hydrogen) atoms. The van der Waals surface area contributed by atoms with Crippen LogP contribution in [0.2, 0.25) is 5.02 Å². The van der Waals surface area contributed by atoms with E-state index >= 15 is 0 Å². The number of aromatic nitrogens is 2. The van der Waals surface area contributed by atoms with Crippen LogP contribution in [0.4, 0.5) is 5.69 Å². The molecule has 2 aromatic carbocycles. The van der Waals surface area contributed by atoms with Crippen LogP contribution >= 0.6 is 11.6 Å². The molecule has 0 unspecified atom stereocenters. The number of hydrogen-bond donors (Lipinski definition) is 2. The minimum Gasteiger partial charge on any atom is -0.451 e. The summed E-state index contributed by atoms with van der Waals surface area (Å²) in [5.41, 5.74) is 3.22. The Kier molecular flexibility index (Phi) is 4.72. The van der Waals surface area contributed by atoms with Crippen LogP contribution in [0, 0.1) is 13.8 Å². The second-order valence-corrected chi connectivity index (χ2v) is 6.09. The van der Waals surface area contributed by atoms with Crippen LogP contribution in [0.3, 0.4) is 0 Å². The lowest BCUT2D eigenvalue weighted by atomic mass is 10.1. The average molecular weight is 358 g/mol. The molecule has 0 saturated carbocycles. The normalized spacial score (nSPS) is 10.7. The number of carbonyl (C=O) groups excluding carboxylic acids is 2. The number of benzene rings is 2. The van der Waals surface area contributed by atoms with Crippen LogP contribution < -0.4 is 5.32 Å². The van der Waals surface area contributed by atoms with E-state index in [1.807, 2.05) is 26.0 Å². The average Bonchev–Trinajstić information content (AvgIpc) is 3.00. The first kappa shape index (κ1) is 17.0. The van der Waals surface area contributed by atoms with E-state index < -0.39 is 18.5 Å². The Morgan fingerprint density at radius 1 is 1.24 bits per heavy atom. The number of hydrogen-bond acceptors (Lipinski definition) is 4. The SMILES string of the molecule is Cc1cc(C)c(NC(=O)COC(=O)c2n[nH]c3ccccc23)c(Cl)c1. The molecule has 0 aliphatic heterocycles. The molecule has 0 aliphatic rings. The number of aromatic amines is 1. The number of rotatable bonds is 4. The summed E-state index contributed by atoms with van der Waals surface area (Å²) >= 11 is 6.15. The predicted octanol–water partition coefficient (Wildman–Crippen LogP) is 3.63. The van der Waals surface area contributed by atoms with Crippen LogP contribution in [0.25, 0.3) is 10.9 Å². The van der Waals surface area contributed by atoms with Crippen molar-refractivity contribution in [1.82, 2.24) is 10.2 Å². The summed E-state index contributed by atoms with van der Waals surface area (Å²) in [5.74, 6) is -1.14. The number of aryl methyl sites for hydroxylation is 2. The third-order valence-electron chi connectivity index (χ3n) is 3.69. The Morgan fingerprint density at radius 3 is 2.76 bits per heavy atom. The lowest BCUT2D eigenvalue weighted by Crippen LogP contribution is -2.21. The Morgan fingerprint density at radius 2 is 2.00 bits per heavy atom. The molecule has 3 aromatic rings. The van der Waals surface area contributed by atoms with Gasteiger partial charge in [0.25, 0.3) is 5.91 Å². The molecule has 1 aromatic heterocycles. The number of H-pyrrole nitrogens is 1. The number of fused-ring (bicyclic) bond motifs is 1. The minimum atomic E-state index is -0.667. The van der Waals surface area contributed by atoms with Gasteiger partial charge >= 0.3 is 5.97 Å². The second kappa shape index (κ2) is 6.94. The maximum Gasteiger partial charge on any atom is 0.359 e. The zero-order chi connectivity index (χ0) is 18.0. The highest BCUT2D eigenvalue weighted by Gasteiger charge is 2.17. The van der Waals surface area contributed by atoms with Gasteiger partial charge in [0, 0.05) is 5.39 Å². The van der Waals surface area contributed by atoms with Crippen LogP contribution in [-0.2, 0) is 9.53 Å². The van der Waals surface area contributed by atoms with Gasteiger partial charge in [0.2, 0.25) is 0 Å². The number of anilines is 1. The molecule has 0 atom stereocenters. The molecule has 0 saturated heterocycles. The number of carbonyl (C=O) groups is 2. The first-order valence-corrected chi connectivity index (χ1v) is 8.00. The van der Waals surface area contributed by atoms with Crippen molar-refractivity contribution in [3.8, 4) is 0 Å². The number of esters is 1. The van der Waals surface area contributed by atoms with Gasteiger partial charge in [-0.3, -0.25) is 9.89 Å². The van der Waals surface area contributed by atoms with Gasteiger partial charge in [0.1, 0.15) is 0 Å². The van der Waals surface area contributed by atoms with Crippen molar-refractivity contribution in [1.29, 1.82) is 0 Å². The number of nitrogens with zero attached hydrogens (tertiary/aromatic N) is 1. The Bertz CT molecular complexity index is 942. The summed E-state index contributed by atoms with van der Waals surface area (Å²) in [6, 6.07) is 10.8. The van der Waals surface area contributed by atoms with E-state index in [1.54, 1.807) is 24.3 Å². The van der Waals surface area contributed by atoms with E-state index in [2.05, 4.69) is 15.5 Å². The minimum absolute atomic E-state index is 0.146. The summed E-state index contributed by atoms with van der Waals surface area (Å²) in [6.07, 6.45) is 0. The van der Waals surface area contributed by atoms with Crippen LogP contribution in [0.5, 0.6) is 0 Å². The standard InChI is InChI=1S/C18H16ClN3O3/c1-10-7-11(2)16(13(19)8-10)20-15(23)9-25-18(24)17-12-5-3-4-6-14(12)21-22-17/h3-8H,9H2,1-2H3,(H,20,23)(H,21,22). The largest absolute Gasteiger partial charge is 0.451 e. The number of halogens is 1. The lowest BCUT2D eigenvalue weighted by molar-refractivity contribution is -0.119. The van der Waals surface area contributed by atoms with Crippen LogP contribution in [-0.4, -0.2) is 28.7 Å². The molecule has 0 spiro atoms. The van der Waals surface area contributed by atoms with Crippen molar-refractivity contribution in [2.75, 3.05) is 11.9 Å². The molecule has 2 N–H and O–H groups in total. The van der Waals surface area contributed by atoms with Gasteiger partial charge in [-0.25, -0.2) is 4.79 Å². The summed E-state index contributed by atoms with van der Waals surface area (Å²) in [7, 11) is 0. The lowest BCUT2D eigenvalue weighted by Gasteiger charge is -2.11. The van der Waals surface area contributed by atoms with Gasteiger partial charge in [-0.1, -0.05) is 35.9 Å².